The number of hydrogen-bond donors (Lipinski definition) is 0. The van der Waals surface area contributed by atoms with Gasteiger partial charge in [0.25, 0.3) is 5.91 Å². The fraction of sp³-hybridized carbons (Fsp3) is 0.773. The predicted octanol–water partition coefficient (Wildman–Crippen LogP) is 4.15. The van der Waals surface area contributed by atoms with Gasteiger partial charge in [0.15, 0.2) is 4.80 Å². The summed E-state index contributed by atoms with van der Waals surface area (Å²) >= 11 is 1.50. The molecule has 0 N–H and O–H groups in total. The second-order valence-electron chi connectivity index (χ2n) is 10.3. The lowest BCUT2D eigenvalue weighted by Crippen LogP contribution is -2.50. The van der Waals surface area contributed by atoms with Crippen molar-refractivity contribution in [3.63, 3.8) is 0 Å². The number of thiazole rings is 1. The Balaban J connectivity index is 1.62. The van der Waals surface area contributed by atoms with Crippen molar-refractivity contribution in [2.45, 2.75) is 85.3 Å². The van der Waals surface area contributed by atoms with Gasteiger partial charge in [0.1, 0.15) is 12.1 Å². The van der Waals surface area contributed by atoms with E-state index in [1.807, 2.05) is 39.2 Å². The molecule has 28 heavy (non-hydrogen) atoms. The van der Waals surface area contributed by atoms with Gasteiger partial charge in [-0.2, -0.15) is 4.99 Å². The average molecular weight is 405 g/mol. The Kier molecular flexibility index (Phi) is 4.84. The highest BCUT2D eigenvalue weighted by molar-refractivity contribution is 7.09. The van der Waals surface area contributed by atoms with Crippen LogP contribution in [0, 0.1) is 37.0 Å². The summed E-state index contributed by atoms with van der Waals surface area (Å²) in [7, 11) is 0. The van der Waals surface area contributed by atoms with Crippen LogP contribution in [0.3, 0.4) is 0 Å². The van der Waals surface area contributed by atoms with Crippen LogP contribution in [0.15, 0.2) is 4.99 Å². The van der Waals surface area contributed by atoms with Crippen molar-refractivity contribution < 1.29 is 14.3 Å². The van der Waals surface area contributed by atoms with E-state index in [4.69, 9.17) is 4.74 Å². The van der Waals surface area contributed by atoms with Gasteiger partial charge in [-0.3, -0.25) is 9.59 Å². The van der Waals surface area contributed by atoms with E-state index < -0.39 is 5.60 Å². The fourth-order valence-electron chi connectivity index (χ4n) is 5.95. The molecule has 154 valence electrons. The molecule has 4 saturated carbocycles. The smallest absolute Gasteiger partial charge is 0.326 e. The Bertz CT molecular complexity index is 836. The van der Waals surface area contributed by atoms with E-state index in [0.717, 1.165) is 29.8 Å². The lowest BCUT2D eigenvalue weighted by atomic mass is 9.49. The van der Waals surface area contributed by atoms with Gasteiger partial charge in [-0.1, -0.05) is 0 Å². The van der Waals surface area contributed by atoms with Crippen molar-refractivity contribution in [3.05, 3.63) is 15.4 Å². The van der Waals surface area contributed by atoms with Gasteiger partial charge in [0.2, 0.25) is 0 Å². The van der Waals surface area contributed by atoms with Crippen LogP contribution in [-0.4, -0.2) is 22.0 Å². The maximum atomic E-state index is 13.4. The number of esters is 1. The molecule has 0 aromatic carbocycles. The van der Waals surface area contributed by atoms with Crippen molar-refractivity contribution in [3.8, 4) is 0 Å². The summed E-state index contributed by atoms with van der Waals surface area (Å²) in [5, 5.41) is 0. The van der Waals surface area contributed by atoms with E-state index in [1.54, 1.807) is 0 Å². The number of hydrogen-bond acceptors (Lipinski definition) is 4. The van der Waals surface area contributed by atoms with Gasteiger partial charge in [0, 0.05) is 10.6 Å². The largest absolute Gasteiger partial charge is 0.459 e. The van der Waals surface area contributed by atoms with Gasteiger partial charge in [0.05, 0.1) is 5.41 Å². The van der Waals surface area contributed by atoms with Crippen LogP contribution in [-0.2, 0) is 20.9 Å². The van der Waals surface area contributed by atoms with Crippen molar-refractivity contribution in [1.29, 1.82) is 0 Å². The molecule has 0 saturated heterocycles. The number of rotatable bonds is 3. The molecule has 1 aromatic heterocycles. The van der Waals surface area contributed by atoms with Crippen LogP contribution in [0.4, 0.5) is 0 Å². The first-order valence-corrected chi connectivity index (χ1v) is 11.3. The Hall–Kier alpha value is -1.43. The zero-order valence-corrected chi connectivity index (χ0v) is 18.5. The summed E-state index contributed by atoms with van der Waals surface area (Å²) in [6.45, 7) is 9.68. The molecule has 4 aliphatic rings. The second-order valence-corrected chi connectivity index (χ2v) is 11.5. The predicted molar refractivity (Wildman–Crippen MR) is 109 cm³/mol. The maximum absolute atomic E-state index is 13.4. The lowest BCUT2D eigenvalue weighted by Gasteiger charge is -2.55. The molecular weight excluding hydrogens is 372 g/mol. The van der Waals surface area contributed by atoms with Crippen molar-refractivity contribution in [1.82, 2.24) is 4.57 Å². The summed E-state index contributed by atoms with van der Waals surface area (Å²) in [6.07, 6.45) is 6.96. The molecule has 4 aliphatic carbocycles. The minimum atomic E-state index is -0.525. The standard InChI is InChI=1S/C22H32N2O3S/c1-13-14(2)28-20(24(13)12-18(25)27-21(3,4)5)23-19(26)22-9-15-6-16(10-22)8-17(7-15)11-22/h15-17H,6-12H2,1-5H3/b23-20+. The summed E-state index contributed by atoms with van der Waals surface area (Å²) in [4.78, 5) is 32.1. The molecule has 6 heteroatoms. The molecular formula is C22H32N2O3S. The number of aromatic nitrogens is 1. The number of carbonyl (C=O) groups excluding carboxylic acids is 2. The first-order chi connectivity index (χ1) is 13.0. The van der Waals surface area contributed by atoms with Crippen LogP contribution >= 0.6 is 11.3 Å². The van der Waals surface area contributed by atoms with Crippen LogP contribution in [0.25, 0.3) is 0 Å². The van der Waals surface area contributed by atoms with Gasteiger partial charge < -0.3 is 9.30 Å². The van der Waals surface area contributed by atoms with E-state index in [1.165, 1.54) is 30.6 Å². The van der Waals surface area contributed by atoms with E-state index in [9.17, 15) is 9.59 Å². The Labute approximate surface area is 171 Å². The summed E-state index contributed by atoms with van der Waals surface area (Å²) in [5.41, 5.74) is 0.209. The molecule has 4 bridgehead atoms. The normalized spacial score (nSPS) is 32.0. The lowest BCUT2D eigenvalue weighted by molar-refractivity contribution is -0.155. The molecule has 0 unspecified atom stereocenters. The highest BCUT2D eigenvalue weighted by atomic mass is 32.1. The first-order valence-electron chi connectivity index (χ1n) is 10.5. The number of aryl methyl sites for hydroxylation is 1. The minimum absolute atomic E-state index is 0.0470. The number of nitrogens with zero attached hydrogens (tertiary/aromatic N) is 2. The van der Waals surface area contributed by atoms with Crippen LogP contribution < -0.4 is 4.80 Å². The third kappa shape index (κ3) is 3.72. The van der Waals surface area contributed by atoms with Crippen molar-refractivity contribution >= 4 is 23.2 Å². The zero-order valence-electron chi connectivity index (χ0n) is 17.7. The topological polar surface area (TPSA) is 60.7 Å². The molecule has 0 aliphatic heterocycles. The van der Waals surface area contributed by atoms with Crippen molar-refractivity contribution in [2.24, 2.45) is 28.2 Å². The summed E-state index contributed by atoms with van der Waals surface area (Å²) in [5.74, 6) is 1.89. The average Bonchev–Trinajstić information content (AvgIpc) is 2.79. The number of ether oxygens (including phenoxy) is 1. The van der Waals surface area contributed by atoms with E-state index in [0.29, 0.717) is 22.6 Å². The minimum Gasteiger partial charge on any atom is -0.459 e. The van der Waals surface area contributed by atoms with Gasteiger partial charge >= 0.3 is 5.97 Å². The van der Waals surface area contributed by atoms with Gasteiger partial charge in [-0.05, 0) is 90.9 Å². The third-order valence-corrected chi connectivity index (χ3v) is 7.88. The molecule has 0 atom stereocenters. The zero-order chi connectivity index (χ0) is 20.3. The van der Waals surface area contributed by atoms with Crippen LogP contribution in [0.1, 0.15) is 69.9 Å². The molecule has 4 fully saturated rings. The second kappa shape index (κ2) is 6.82. The molecule has 5 nitrogen and oxygen atoms in total. The van der Waals surface area contributed by atoms with E-state index in [-0.39, 0.29) is 23.8 Å². The monoisotopic (exact) mass is 404 g/mol. The van der Waals surface area contributed by atoms with Crippen molar-refractivity contribution in [2.75, 3.05) is 0 Å². The number of amides is 1. The van der Waals surface area contributed by atoms with Crippen LogP contribution in [0.5, 0.6) is 0 Å². The van der Waals surface area contributed by atoms with Gasteiger partial charge in [-0.15, -0.1) is 11.3 Å². The van der Waals surface area contributed by atoms with Gasteiger partial charge in [-0.25, -0.2) is 0 Å². The molecule has 1 heterocycles. The Morgan fingerprint density at radius 2 is 1.64 bits per heavy atom. The fourth-order valence-corrected chi connectivity index (χ4v) is 6.92. The summed E-state index contributed by atoms with van der Waals surface area (Å²) < 4.78 is 7.34. The first kappa shape index (κ1) is 19.9. The molecule has 0 spiro atoms. The molecule has 1 amide bonds. The Morgan fingerprint density at radius 1 is 1.11 bits per heavy atom. The van der Waals surface area contributed by atoms with E-state index in [2.05, 4.69) is 4.99 Å². The SMILES string of the molecule is Cc1s/c(=N/C(=O)C23CC4CC(CC(C4)C2)C3)n(CC(=O)OC(C)(C)C)c1C. The third-order valence-electron chi connectivity index (χ3n) is 6.79. The highest BCUT2D eigenvalue weighted by Crippen LogP contribution is 2.60. The molecule has 0 radical (unpaired) electrons. The molecule has 5 rings (SSSR count). The molecule has 1 aromatic rings. The highest BCUT2D eigenvalue weighted by Gasteiger charge is 2.54. The number of carbonyl (C=O) groups is 2. The van der Waals surface area contributed by atoms with E-state index >= 15 is 0 Å². The Morgan fingerprint density at radius 3 is 2.14 bits per heavy atom. The summed E-state index contributed by atoms with van der Waals surface area (Å²) in [6, 6.07) is 0. The van der Waals surface area contributed by atoms with Crippen LogP contribution in [0.2, 0.25) is 0 Å². The maximum Gasteiger partial charge on any atom is 0.326 e. The quantitative estimate of drug-likeness (QED) is 0.711.